The summed E-state index contributed by atoms with van der Waals surface area (Å²) in [5, 5.41) is 10.1. The molecule has 0 atom stereocenters. The van der Waals surface area contributed by atoms with Gasteiger partial charge < -0.3 is 19.3 Å². The molecule has 0 unspecified atom stereocenters. The maximum absolute atomic E-state index is 11.9. The van der Waals surface area contributed by atoms with Crippen molar-refractivity contribution in [3.8, 4) is 0 Å². The molecule has 1 rings (SSSR count). The minimum atomic E-state index is -0.993. The van der Waals surface area contributed by atoms with Gasteiger partial charge in [0.15, 0.2) is 5.76 Å². The molecule has 0 aromatic carbocycles. The van der Waals surface area contributed by atoms with Crippen LogP contribution in [-0.2, 0) is 19.0 Å². The van der Waals surface area contributed by atoms with Crippen LogP contribution in [0.5, 0.6) is 0 Å². The lowest BCUT2D eigenvalue weighted by Crippen LogP contribution is -2.25. The number of aliphatic hydroxyl groups excluding tert-OH is 1. The largest absolute Gasteiger partial charge is 0.506 e. The van der Waals surface area contributed by atoms with E-state index in [1.54, 1.807) is 6.92 Å². The molecule has 0 bridgehead atoms. The van der Waals surface area contributed by atoms with Crippen molar-refractivity contribution >= 4 is 11.7 Å². The van der Waals surface area contributed by atoms with Gasteiger partial charge in [0.1, 0.15) is 5.57 Å². The van der Waals surface area contributed by atoms with Crippen LogP contribution in [0.25, 0.3) is 0 Å². The minimum Gasteiger partial charge on any atom is -0.506 e. The Hall–Kier alpha value is -1.40. The number of carbonyl (C=O) groups is 1. The minimum absolute atomic E-state index is 0.0584. The van der Waals surface area contributed by atoms with Crippen LogP contribution in [0.4, 0.5) is 0 Å². The van der Waals surface area contributed by atoms with E-state index in [2.05, 4.69) is 4.99 Å². The normalized spacial score (nSPS) is 16.6. The van der Waals surface area contributed by atoms with Gasteiger partial charge in [0.25, 0.3) is 0 Å². The van der Waals surface area contributed by atoms with Gasteiger partial charge in [-0.2, -0.15) is 0 Å². The first-order chi connectivity index (χ1) is 8.65. The summed E-state index contributed by atoms with van der Waals surface area (Å²) in [4.78, 5) is 16.1. The van der Waals surface area contributed by atoms with Crippen LogP contribution in [0.2, 0.25) is 0 Å². The summed E-state index contributed by atoms with van der Waals surface area (Å²) < 4.78 is 14.8. The Kier molecular flexibility index (Phi) is 5.80. The van der Waals surface area contributed by atoms with Gasteiger partial charge in [0.2, 0.25) is 6.29 Å². The lowest BCUT2D eigenvalue weighted by Gasteiger charge is -2.16. The zero-order valence-electron chi connectivity index (χ0n) is 10.9. The molecule has 1 heterocycles. The molecule has 1 aliphatic heterocycles. The van der Waals surface area contributed by atoms with Crippen LogP contribution >= 0.6 is 0 Å². The van der Waals surface area contributed by atoms with E-state index in [0.717, 1.165) is 6.42 Å². The molecule has 6 heteroatoms. The van der Waals surface area contributed by atoms with Gasteiger partial charge in [-0.05, 0) is 19.8 Å². The molecule has 18 heavy (non-hydrogen) atoms. The predicted molar refractivity (Wildman–Crippen MR) is 65.6 cm³/mol. The molecule has 102 valence electrons. The van der Waals surface area contributed by atoms with Gasteiger partial charge in [-0.15, -0.1) is 0 Å². The molecule has 0 aromatic heterocycles. The van der Waals surface area contributed by atoms with Crippen molar-refractivity contribution in [2.24, 2.45) is 4.99 Å². The van der Waals surface area contributed by atoms with Gasteiger partial charge >= 0.3 is 5.97 Å². The summed E-state index contributed by atoms with van der Waals surface area (Å²) in [5.41, 5.74) is 0.605. The molecular weight excluding hydrogens is 238 g/mol. The maximum atomic E-state index is 11.9. The Morgan fingerprint density at radius 3 is 2.56 bits per heavy atom. The van der Waals surface area contributed by atoms with Gasteiger partial charge in [-0.25, -0.2) is 4.79 Å². The van der Waals surface area contributed by atoms with E-state index in [1.165, 1.54) is 14.2 Å². The molecule has 0 radical (unpaired) electrons. The van der Waals surface area contributed by atoms with Crippen LogP contribution in [0.3, 0.4) is 0 Å². The van der Waals surface area contributed by atoms with Crippen molar-refractivity contribution in [1.82, 2.24) is 0 Å². The summed E-state index contributed by atoms with van der Waals surface area (Å²) in [6.07, 6.45) is 0.502. The van der Waals surface area contributed by atoms with E-state index >= 15 is 0 Å². The Balaban J connectivity index is 3.09. The van der Waals surface area contributed by atoms with E-state index < -0.39 is 12.3 Å². The number of nitrogens with zero attached hydrogens (tertiary/aromatic N) is 1. The third-order valence-electron chi connectivity index (χ3n) is 2.55. The first-order valence-corrected chi connectivity index (χ1v) is 5.85. The van der Waals surface area contributed by atoms with Crippen molar-refractivity contribution in [2.45, 2.75) is 26.1 Å². The molecule has 0 saturated heterocycles. The fourth-order valence-electron chi connectivity index (χ4n) is 1.75. The van der Waals surface area contributed by atoms with Crippen LogP contribution < -0.4 is 0 Å². The second-order valence-corrected chi connectivity index (χ2v) is 3.72. The van der Waals surface area contributed by atoms with Crippen LogP contribution in [0.1, 0.15) is 19.8 Å². The number of ether oxygens (including phenoxy) is 3. The quantitative estimate of drug-likeness (QED) is 0.335. The first kappa shape index (κ1) is 14.7. The monoisotopic (exact) mass is 257 g/mol. The fraction of sp³-hybridized carbons (Fsp3) is 0.667. The zero-order valence-corrected chi connectivity index (χ0v) is 10.9. The highest BCUT2D eigenvalue weighted by atomic mass is 16.7. The van der Waals surface area contributed by atoms with Gasteiger partial charge in [-0.3, -0.25) is 4.99 Å². The highest BCUT2D eigenvalue weighted by Gasteiger charge is 2.28. The molecule has 0 saturated carbocycles. The Bertz CT molecular complexity index is 357. The molecule has 0 aromatic rings. The Morgan fingerprint density at radius 1 is 1.44 bits per heavy atom. The van der Waals surface area contributed by atoms with Crippen LogP contribution in [-0.4, -0.2) is 50.4 Å². The standard InChI is InChI=1S/C12H19NO5/c1-4-18-11(15)9(8-6-5-7-13-8)10(14)12(16-2)17-3/h12,14H,4-7H2,1-3H3/b10-9+. The molecule has 0 amide bonds. The fourth-order valence-corrected chi connectivity index (χ4v) is 1.75. The van der Waals surface area contributed by atoms with Crippen molar-refractivity contribution in [3.63, 3.8) is 0 Å². The number of rotatable bonds is 6. The molecule has 0 fully saturated rings. The summed E-state index contributed by atoms with van der Waals surface area (Å²) in [6, 6.07) is 0. The number of hydrogen-bond donors (Lipinski definition) is 1. The lowest BCUT2D eigenvalue weighted by molar-refractivity contribution is -0.139. The molecule has 1 aliphatic rings. The molecule has 0 spiro atoms. The third kappa shape index (κ3) is 3.30. The number of aliphatic imine (C=N–C) groups is 1. The van der Waals surface area contributed by atoms with E-state index in [4.69, 9.17) is 14.2 Å². The lowest BCUT2D eigenvalue weighted by atomic mass is 10.1. The Labute approximate surface area is 106 Å². The zero-order chi connectivity index (χ0) is 13.5. The van der Waals surface area contributed by atoms with E-state index in [1.807, 2.05) is 0 Å². The number of hydrogen-bond acceptors (Lipinski definition) is 6. The van der Waals surface area contributed by atoms with E-state index in [-0.39, 0.29) is 17.9 Å². The second-order valence-electron chi connectivity index (χ2n) is 3.72. The van der Waals surface area contributed by atoms with Gasteiger partial charge in [-0.1, -0.05) is 0 Å². The summed E-state index contributed by atoms with van der Waals surface area (Å²) >= 11 is 0. The molecule has 0 aliphatic carbocycles. The second kappa shape index (κ2) is 7.13. The van der Waals surface area contributed by atoms with Gasteiger partial charge in [0.05, 0.1) is 12.3 Å². The number of esters is 1. The third-order valence-corrected chi connectivity index (χ3v) is 2.55. The summed E-state index contributed by atoms with van der Waals surface area (Å²) in [7, 11) is 2.76. The van der Waals surface area contributed by atoms with Crippen molar-refractivity contribution in [2.75, 3.05) is 27.4 Å². The van der Waals surface area contributed by atoms with Crippen molar-refractivity contribution in [3.05, 3.63) is 11.3 Å². The number of aliphatic hydroxyl groups is 1. The number of carbonyl (C=O) groups excluding carboxylic acids is 1. The summed E-state index contributed by atoms with van der Waals surface area (Å²) in [5.74, 6) is -0.895. The summed E-state index contributed by atoms with van der Waals surface area (Å²) in [6.45, 7) is 2.58. The molecule has 1 N–H and O–H groups in total. The Morgan fingerprint density at radius 2 is 2.11 bits per heavy atom. The smallest absolute Gasteiger partial charge is 0.343 e. The average Bonchev–Trinajstić information content (AvgIpc) is 2.85. The van der Waals surface area contributed by atoms with Crippen molar-refractivity contribution < 1.29 is 24.1 Å². The van der Waals surface area contributed by atoms with Crippen LogP contribution in [0, 0.1) is 0 Å². The van der Waals surface area contributed by atoms with Crippen molar-refractivity contribution in [1.29, 1.82) is 0 Å². The first-order valence-electron chi connectivity index (χ1n) is 5.85. The maximum Gasteiger partial charge on any atom is 0.343 e. The number of methoxy groups -OCH3 is 2. The van der Waals surface area contributed by atoms with Gasteiger partial charge in [0, 0.05) is 20.8 Å². The van der Waals surface area contributed by atoms with E-state index in [0.29, 0.717) is 18.7 Å². The average molecular weight is 257 g/mol. The topological polar surface area (TPSA) is 77.4 Å². The SMILES string of the molecule is CCOC(=O)/C(C1=NCCC1)=C(/O)C(OC)OC. The molecule has 6 nitrogen and oxygen atoms in total. The highest BCUT2D eigenvalue weighted by molar-refractivity contribution is 6.20. The van der Waals surface area contributed by atoms with E-state index in [9.17, 15) is 9.90 Å². The molecular formula is C12H19NO5. The van der Waals surface area contributed by atoms with Crippen LogP contribution in [0.15, 0.2) is 16.3 Å². The predicted octanol–water partition coefficient (Wildman–Crippen LogP) is 1.22. The highest BCUT2D eigenvalue weighted by Crippen LogP contribution is 2.19.